The predicted molar refractivity (Wildman–Crippen MR) is 71.1 cm³/mol. The fourth-order valence-corrected chi connectivity index (χ4v) is 0.465. The number of carboxylic acids is 1. The molecule has 0 aromatic carbocycles. The quantitative estimate of drug-likeness (QED) is 0.575. The minimum Gasteiger partial charge on any atom is -0.478 e. The van der Waals surface area contributed by atoms with Gasteiger partial charge in [0, 0.05) is 18.5 Å². The van der Waals surface area contributed by atoms with Crippen molar-refractivity contribution in [3.05, 3.63) is 24.8 Å². The summed E-state index contributed by atoms with van der Waals surface area (Å²) >= 11 is 4.64. The minimum atomic E-state index is -0.901. The summed E-state index contributed by atoms with van der Waals surface area (Å²) in [5.74, 6) is -1.38. The van der Waals surface area contributed by atoms with Gasteiger partial charge in [-0.2, -0.15) is 0 Å². The molecule has 100 valence electrons. The van der Waals surface area contributed by atoms with Gasteiger partial charge in [0.25, 0.3) is 0 Å². The molecule has 6 heteroatoms. The smallest absolute Gasteiger partial charge is 0.331 e. The van der Waals surface area contributed by atoms with E-state index in [2.05, 4.69) is 30.5 Å². The molecule has 0 unspecified atom stereocenters. The molecule has 0 aromatic rings. The number of aliphatic carboxylic acids is 1. The summed E-state index contributed by atoms with van der Waals surface area (Å²) in [6.07, 6.45) is 3.06. The SMILES string of the molecule is C=C(CCN(C)C)C(=O)O.C=CC(N)=O.CCl. The number of amides is 1. The van der Waals surface area contributed by atoms with Gasteiger partial charge in [-0.1, -0.05) is 13.2 Å². The first-order chi connectivity index (χ1) is 7.81. The molecule has 0 saturated heterocycles. The lowest BCUT2D eigenvalue weighted by molar-refractivity contribution is -0.132. The highest BCUT2D eigenvalue weighted by molar-refractivity contribution is 6.15. The first-order valence-corrected chi connectivity index (χ1v) is 5.42. The summed E-state index contributed by atoms with van der Waals surface area (Å²) < 4.78 is 0. The second kappa shape index (κ2) is 14.7. The third-order valence-electron chi connectivity index (χ3n) is 1.36. The fraction of sp³-hybridized carbons (Fsp3) is 0.455. The Morgan fingerprint density at radius 2 is 1.76 bits per heavy atom. The minimum absolute atomic E-state index is 0.272. The summed E-state index contributed by atoms with van der Waals surface area (Å²) in [6.45, 7) is 7.23. The van der Waals surface area contributed by atoms with Crippen LogP contribution in [-0.4, -0.2) is 48.9 Å². The van der Waals surface area contributed by atoms with Crippen LogP contribution in [0.25, 0.3) is 0 Å². The van der Waals surface area contributed by atoms with E-state index in [-0.39, 0.29) is 5.57 Å². The van der Waals surface area contributed by atoms with Gasteiger partial charge >= 0.3 is 5.97 Å². The number of carbonyl (C=O) groups excluding carboxylic acids is 1. The van der Waals surface area contributed by atoms with Crippen LogP contribution in [0.1, 0.15) is 6.42 Å². The van der Waals surface area contributed by atoms with Crippen molar-refractivity contribution in [2.75, 3.05) is 27.0 Å². The highest BCUT2D eigenvalue weighted by atomic mass is 35.5. The average molecular weight is 265 g/mol. The van der Waals surface area contributed by atoms with Gasteiger partial charge in [-0.15, -0.1) is 11.6 Å². The lowest BCUT2D eigenvalue weighted by Crippen LogP contribution is -2.15. The fourth-order valence-electron chi connectivity index (χ4n) is 0.465. The van der Waals surface area contributed by atoms with E-state index < -0.39 is 11.9 Å². The second-order valence-electron chi connectivity index (χ2n) is 3.07. The first kappa shape index (κ1) is 21.0. The molecule has 5 nitrogen and oxygen atoms in total. The second-order valence-corrected chi connectivity index (χ2v) is 3.07. The van der Waals surface area contributed by atoms with Crippen molar-refractivity contribution in [1.82, 2.24) is 4.90 Å². The number of nitrogens with zero attached hydrogens (tertiary/aromatic N) is 1. The summed E-state index contributed by atoms with van der Waals surface area (Å²) in [4.78, 5) is 21.6. The van der Waals surface area contributed by atoms with Crippen molar-refractivity contribution in [3.63, 3.8) is 0 Å². The zero-order valence-corrected chi connectivity index (χ0v) is 11.3. The van der Waals surface area contributed by atoms with Crippen molar-refractivity contribution in [2.24, 2.45) is 5.73 Å². The number of hydrogen-bond donors (Lipinski definition) is 2. The Bertz CT molecular complexity index is 253. The van der Waals surface area contributed by atoms with Crippen LogP contribution in [0.15, 0.2) is 24.8 Å². The van der Waals surface area contributed by atoms with Crippen LogP contribution < -0.4 is 5.73 Å². The van der Waals surface area contributed by atoms with Gasteiger partial charge in [0.15, 0.2) is 0 Å². The van der Waals surface area contributed by atoms with Crippen LogP contribution in [-0.2, 0) is 9.59 Å². The summed E-state index contributed by atoms with van der Waals surface area (Å²) in [5, 5.41) is 8.38. The molecule has 0 atom stereocenters. The van der Waals surface area contributed by atoms with E-state index in [9.17, 15) is 9.59 Å². The van der Waals surface area contributed by atoms with Crippen molar-refractivity contribution in [1.29, 1.82) is 0 Å². The number of nitrogens with two attached hydrogens (primary N) is 1. The maximum Gasteiger partial charge on any atom is 0.331 e. The zero-order chi connectivity index (χ0) is 14.4. The van der Waals surface area contributed by atoms with Crippen LogP contribution in [0.2, 0.25) is 0 Å². The predicted octanol–water partition coefficient (Wildman–Crippen LogP) is 1.09. The van der Waals surface area contributed by atoms with E-state index in [1.165, 1.54) is 6.38 Å². The topological polar surface area (TPSA) is 83.6 Å². The van der Waals surface area contributed by atoms with Crippen molar-refractivity contribution in [3.8, 4) is 0 Å². The number of primary amides is 1. The summed E-state index contributed by atoms with van der Waals surface area (Å²) in [5.41, 5.74) is 4.81. The molecule has 0 saturated carbocycles. The molecule has 0 aliphatic heterocycles. The van der Waals surface area contributed by atoms with Crippen LogP contribution in [0, 0.1) is 0 Å². The van der Waals surface area contributed by atoms with Gasteiger partial charge in [0.05, 0.1) is 0 Å². The van der Waals surface area contributed by atoms with E-state index >= 15 is 0 Å². The molecule has 0 spiro atoms. The standard InChI is InChI=1S/C7H13NO2.C3H5NO.CH3Cl/c1-6(7(9)10)4-5-8(2)3;1-2-3(4)5;1-2/h1,4-5H2,2-3H3,(H,9,10);2H,1H2,(H2,4,5);1H3. The molecule has 0 heterocycles. The number of carboxylic acid groups (broad SMARTS) is 1. The molecule has 0 bridgehead atoms. The van der Waals surface area contributed by atoms with E-state index in [1.54, 1.807) is 0 Å². The Balaban J connectivity index is -0.000000236. The summed E-state index contributed by atoms with van der Waals surface area (Å²) in [7, 11) is 3.80. The maximum absolute atomic E-state index is 10.2. The van der Waals surface area contributed by atoms with Crippen molar-refractivity contribution >= 4 is 23.5 Å². The summed E-state index contributed by atoms with van der Waals surface area (Å²) in [6, 6.07) is 0. The molecule has 0 aliphatic rings. The van der Waals surface area contributed by atoms with Crippen LogP contribution in [0.4, 0.5) is 0 Å². The van der Waals surface area contributed by atoms with Gasteiger partial charge in [-0.3, -0.25) is 4.79 Å². The lowest BCUT2D eigenvalue weighted by atomic mass is 10.2. The molecular formula is C11H21ClN2O3. The number of alkyl halides is 1. The highest BCUT2D eigenvalue weighted by Crippen LogP contribution is 1.97. The number of rotatable bonds is 5. The van der Waals surface area contributed by atoms with Gasteiger partial charge < -0.3 is 15.7 Å². The molecule has 17 heavy (non-hydrogen) atoms. The first-order valence-electron chi connectivity index (χ1n) is 4.66. The van der Waals surface area contributed by atoms with E-state index in [0.29, 0.717) is 6.42 Å². The molecule has 3 N–H and O–H groups in total. The molecule has 0 rings (SSSR count). The average Bonchev–Trinajstić information content (AvgIpc) is 2.29. The number of carbonyl (C=O) groups is 2. The molecule has 1 amide bonds. The monoisotopic (exact) mass is 264 g/mol. The molecule has 0 radical (unpaired) electrons. The normalized spacial score (nSPS) is 8.06. The third kappa shape index (κ3) is 25.2. The molecule has 0 fully saturated rings. The van der Waals surface area contributed by atoms with E-state index in [1.807, 2.05) is 19.0 Å². The van der Waals surface area contributed by atoms with Crippen LogP contribution in [0.5, 0.6) is 0 Å². The molecular weight excluding hydrogens is 244 g/mol. The number of halogens is 1. The Kier molecular flexibility index (Phi) is 18.1. The van der Waals surface area contributed by atoms with Crippen LogP contribution >= 0.6 is 11.6 Å². The van der Waals surface area contributed by atoms with Crippen molar-refractivity contribution < 1.29 is 14.7 Å². The third-order valence-corrected chi connectivity index (χ3v) is 1.36. The van der Waals surface area contributed by atoms with Crippen molar-refractivity contribution in [2.45, 2.75) is 6.42 Å². The van der Waals surface area contributed by atoms with Gasteiger partial charge in [0.2, 0.25) is 5.91 Å². The number of hydrogen-bond acceptors (Lipinski definition) is 3. The zero-order valence-electron chi connectivity index (χ0n) is 10.6. The van der Waals surface area contributed by atoms with E-state index in [0.717, 1.165) is 12.6 Å². The molecule has 0 aromatic heterocycles. The van der Waals surface area contributed by atoms with Crippen LogP contribution in [0.3, 0.4) is 0 Å². The van der Waals surface area contributed by atoms with Gasteiger partial charge in [-0.25, -0.2) is 4.79 Å². The Morgan fingerprint density at radius 3 is 1.94 bits per heavy atom. The maximum atomic E-state index is 10.2. The Morgan fingerprint density at radius 1 is 1.41 bits per heavy atom. The molecule has 0 aliphatic carbocycles. The highest BCUT2D eigenvalue weighted by Gasteiger charge is 2.02. The van der Waals surface area contributed by atoms with E-state index in [4.69, 9.17) is 5.11 Å². The Labute approximate surface area is 108 Å². The largest absolute Gasteiger partial charge is 0.478 e. The van der Waals surface area contributed by atoms with Gasteiger partial charge in [0.1, 0.15) is 0 Å². The Hall–Kier alpha value is -1.33. The lowest BCUT2D eigenvalue weighted by Gasteiger charge is -2.07. The van der Waals surface area contributed by atoms with Gasteiger partial charge in [-0.05, 0) is 26.6 Å².